The van der Waals surface area contributed by atoms with E-state index < -0.39 is 0 Å². The van der Waals surface area contributed by atoms with Crippen LogP contribution in [0.25, 0.3) is 0 Å². The number of anilines is 1. The number of carbonyl (C=O) groups excluding carboxylic acids is 1. The van der Waals surface area contributed by atoms with Crippen molar-refractivity contribution in [3.8, 4) is 0 Å². The van der Waals surface area contributed by atoms with Gasteiger partial charge in [0.25, 0.3) is 5.91 Å². The van der Waals surface area contributed by atoms with E-state index in [1.54, 1.807) is 0 Å². The highest BCUT2D eigenvalue weighted by molar-refractivity contribution is 6.30. The highest BCUT2D eigenvalue weighted by Gasteiger charge is 2.15. The molecule has 3 aromatic rings. The van der Waals surface area contributed by atoms with Gasteiger partial charge in [0.1, 0.15) is 0 Å². The third-order valence-electron chi connectivity index (χ3n) is 4.15. The molecule has 5 heteroatoms. The highest BCUT2D eigenvalue weighted by atomic mass is 35.5. The fourth-order valence-electron chi connectivity index (χ4n) is 2.77. The molecule has 0 aliphatic carbocycles. The Kier molecular flexibility index (Phi) is 4.91. The van der Waals surface area contributed by atoms with E-state index >= 15 is 0 Å². The summed E-state index contributed by atoms with van der Waals surface area (Å²) in [4.78, 5) is 12.5. The van der Waals surface area contributed by atoms with Gasteiger partial charge in [-0.25, -0.2) is 0 Å². The highest BCUT2D eigenvalue weighted by Crippen LogP contribution is 2.22. The van der Waals surface area contributed by atoms with E-state index in [0.717, 1.165) is 28.2 Å². The number of hydrogen-bond acceptors (Lipinski definition) is 2. The normalized spacial score (nSPS) is 10.7. The Balaban J connectivity index is 1.82. The van der Waals surface area contributed by atoms with Gasteiger partial charge in [-0.15, -0.1) is 0 Å². The number of aromatic nitrogens is 2. The maximum absolute atomic E-state index is 12.5. The molecule has 128 valence electrons. The second-order valence-corrected chi connectivity index (χ2v) is 6.59. The van der Waals surface area contributed by atoms with Crippen molar-refractivity contribution in [3.63, 3.8) is 0 Å². The van der Waals surface area contributed by atoms with E-state index in [0.29, 0.717) is 17.1 Å². The van der Waals surface area contributed by atoms with Gasteiger partial charge in [-0.1, -0.05) is 41.4 Å². The molecule has 3 rings (SSSR count). The Bertz CT molecular complexity index is 913. The molecule has 0 saturated carbocycles. The Morgan fingerprint density at radius 1 is 1.12 bits per heavy atom. The molecular weight excluding hydrogens is 334 g/mol. The van der Waals surface area contributed by atoms with Crippen LogP contribution in [-0.4, -0.2) is 15.7 Å². The zero-order chi connectivity index (χ0) is 18.0. The molecule has 0 bridgehead atoms. The lowest BCUT2D eigenvalue weighted by Crippen LogP contribution is -2.13. The molecule has 0 aliphatic rings. The fraction of sp³-hybridized carbons (Fsp3) is 0.200. The molecule has 0 atom stereocenters. The van der Waals surface area contributed by atoms with Crippen LogP contribution < -0.4 is 5.32 Å². The zero-order valence-corrected chi connectivity index (χ0v) is 15.3. The molecule has 1 aromatic heterocycles. The van der Waals surface area contributed by atoms with Crippen molar-refractivity contribution >= 4 is 23.2 Å². The van der Waals surface area contributed by atoms with Crippen LogP contribution in [0.2, 0.25) is 5.02 Å². The predicted molar refractivity (Wildman–Crippen MR) is 101 cm³/mol. The number of hydrogen-bond donors (Lipinski definition) is 1. The summed E-state index contributed by atoms with van der Waals surface area (Å²) in [6.07, 6.45) is 0. The molecule has 4 nitrogen and oxygen atoms in total. The Hall–Kier alpha value is -2.59. The van der Waals surface area contributed by atoms with E-state index in [-0.39, 0.29) is 5.91 Å². The quantitative estimate of drug-likeness (QED) is 0.734. The second kappa shape index (κ2) is 7.11. The monoisotopic (exact) mass is 353 g/mol. The molecule has 0 aliphatic heterocycles. The van der Waals surface area contributed by atoms with Gasteiger partial charge in [-0.3, -0.25) is 9.48 Å². The van der Waals surface area contributed by atoms with Crippen molar-refractivity contribution in [2.75, 3.05) is 5.32 Å². The number of rotatable bonds is 4. The van der Waals surface area contributed by atoms with Crippen LogP contribution in [0, 0.1) is 20.8 Å². The van der Waals surface area contributed by atoms with Crippen LogP contribution in [0.1, 0.15) is 32.9 Å². The van der Waals surface area contributed by atoms with E-state index in [4.69, 9.17) is 11.6 Å². The van der Waals surface area contributed by atoms with Gasteiger partial charge < -0.3 is 5.32 Å². The summed E-state index contributed by atoms with van der Waals surface area (Å²) in [7, 11) is 0. The molecule has 1 heterocycles. The van der Waals surface area contributed by atoms with Gasteiger partial charge in [-0.05, 0) is 50.6 Å². The number of halogens is 1. The van der Waals surface area contributed by atoms with Crippen LogP contribution >= 0.6 is 11.6 Å². The van der Waals surface area contributed by atoms with Crippen LogP contribution in [0.15, 0.2) is 48.5 Å². The summed E-state index contributed by atoms with van der Waals surface area (Å²) in [5.41, 5.74) is 5.29. The number of carbonyl (C=O) groups is 1. The average Bonchev–Trinajstić information content (AvgIpc) is 2.84. The van der Waals surface area contributed by atoms with Gasteiger partial charge in [0.2, 0.25) is 0 Å². The summed E-state index contributed by atoms with van der Waals surface area (Å²) in [6.45, 7) is 6.46. The van der Waals surface area contributed by atoms with E-state index in [1.807, 2.05) is 74.0 Å². The topological polar surface area (TPSA) is 46.9 Å². The molecule has 0 radical (unpaired) electrons. The van der Waals surface area contributed by atoms with Crippen molar-refractivity contribution < 1.29 is 4.79 Å². The first-order valence-electron chi connectivity index (χ1n) is 8.10. The number of nitrogens with zero attached hydrogens (tertiary/aromatic N) is 2. The van der Waals surface area contributed by atoms with Gasteiger partial charge in [0.15, 0.2) is 0 Å². The SMILES string of the molecule is Cc1cccc(C(=O)Nc2c(C)nn(Cc3ccc(Cl)cc3)c2C)c1. The standard InChI is InChI=1S/C20H20ClN3O/c1-13-5-4-6-17(11-13)20(25)22-19-14(2)23-24(15(19)3)12-16-7-9-18(21)10-8-16/h4-11H,12H2,1-3H3,(H,22,25). The predicted octanol–water partition coefficient (Wildman–Crippen LogP) is 4.76. The molecule has 0 saturated heterocycles. The maximum atomic E-state index is 12.5. The number of amides is 1. The minimum atomic E-state index is -0.124. The maximum Gasteiger partial charge on any atom is 0.255 e. The van der Waals surface area contributed by atoms with Crippen molar-refractivity contribution in [3.05, 3.63) is 81.6 Å². The number of nitrogens with one attached hydrogen (secondary N) is 1. The van der Waals surface area contributed by atoms with Crippen molar-refractivity contribution in [1.29, 1.82) is 0 Å². The number of benzene rings is 2. The molecule has 0 fully saturated rings. The fourth-order valence-corrected chi connectivity index (χ4v) is 2.89. The van der Waals surface area contributed by atoms with Gasteiger partial charge in [0.05, 0.1) is 23.6 Å². The Morgan fingerprint density at radius 3 is 2.52 bits per heavy atom. The molecule has 0 unspecified atom stereocenters. The summed E-state index contributed by atoms with van der Waals surface area (Å²) in [5, 5.41) is 8.27. The van der Waals surface area contributed by atoms with Gasteiger partial charge in [-0.2, -0.15) is 5.10 Å². The largest absolute Gasteiger partial charge is 0.319 e. The minimum Gasteiger partial charge on any atom is -0.319 e. The summed E-state index contributed by atoms with van der Waals surface area (Å²) < 4.78 is 1.89. The van der Waals surface area contributed by atoms with Crippen LogP contribution in [-0.2, 0) is 6.54 Å². The molecular formula is C20H20ClN3O. The molecule has 25 heavy (non-hydrogen) atoms. The minimum absolute atomic E-state index is 0.124. The van der Waals surface area contributed by atoms with Crippen molar-refractivity contribution in [1.82, 2.24) is 9.78 Å². The molecule has 1 N–H and O–H groups in total. The van der Waals surface area contributed by atoms with Gasteiger partial charge in [0, 0.05) is 10.6 Å². The first-order valence-corrected chi connectivity index (χ1v) is 8.48. The summed E-state index contributed by atoms with van der Waals surface area (Å²) in [6, 6.07) is 15.2. The van der Waals surface area contributed by atoms with Gasteiger partial charge >= 0.3 is 0 Å². The Morgan fingerprint density at radius 2 is 1.84 bits per heavy atom. The first kappa shape index (κ1) is 17.2. The van der Waals surface area contributed by atoms with Crippen LogP contribution in [0.5, 0.6) is 0 Å². The van der Waals surface area contributed by atoms with E-state index in [2.05, 4.69) is 10.4 Å². The van der Waals surface area contributed by atoms with Crippen molar-refractivity contribution in [2.24, 2.45) is 0 Å². The third kappa shape index (κ3) is 3.91. The van der Waals surface area contributed by atoms with Crippen LogP contribution in [0.3, 0.4) is 0 Å². The third-order valence-corrected chi connectivity index (χ3v) is 4.40. The molecule has 2 aromatic carbocycles. The van der Waals surface area contributed by atoms with Crippen molar-refractivity contribution in [2.45, 2.75) is 27.3 Å². The first-order chi connectivity index (χ1) is 11.9. The summed E-state index contributed by atoms with van der Waals surface area (Å²) in [5.74, 6) is -0.124. The lowest BCUT2D eigenvalue weighted by Gasteiger charge is -2.08. The second-order valence-electron chi connectivity index (χ2n) is 6.15. The zero-order valence-electron chi connectivity index (χ0n) is 14.5. The molecule has 0 spiro atoms. The lowest BCUT2D eigenvalue weighted by atomic mass is 10.1. The average molecular weight is 354 g/mol. The lowest BCUT2D eigenvalue weighted by molar-refractivity contribution is 0.102. The molecule has 1 amide bonds. The summed E-state index contributed by atoms with van der Waals surface area (Å²) >= 11 is 5.93. The van der Waals surface area contributed by atoms with E-state index in [1.165, 1.54) is 0 Å². The smallest absolute Gasteiger partial charge is 0.255 e. The van der Waals surface area contributed by atoms with E-state index in [9.17, 15) is 4.79 Å². The number of aryl methyl sites for hydroxylation is 2. The van der Waals surface area contributed by atoms with Crippen LogP contribution in [0.4, 0.5) is 5.69 Å². The Labute approximate surface area is 152 Å².